The van der Waals surface area contributed by atoms with Crippen LogP contribution in [0.1, 0.15) is 142 Å². The minimum atomic E-state index is -2.76. The van der Waals surface area contributed by atoms with Gasteiger partial charge in [0, 0.05) is 0 Å². The van der Waals surface area contributed by atoms with Crippen molar-refractivity contribution < 1.29 is 20.9 Å². The van der Waals surface area contributed by atoms with Gasteiger partial charge in [0.15, 0.2) is 0 Å². The summed E-state index contributed by atoms with van der Waals surface area (Å²) in [7, 11) is 0. The van der Waals surface area contributed by atoms with Crippen molar-refractivity contribution >= 4 is 18.1 Å². The summed E-state index contributed by atoms with van der Waals surface area (Å²) >= 11 is -2.76. The van der Waals surface area contributed by atoms with Crippen LogP contribution in [0.4, 0.5) is 0 Å². The van der Waals surface area contributed by atoms with E-state index in [4.69, 9.17) is 0 Å². The first kappa shape index (κ1) is 46.4. The van der Waals surface area contributed by atoms with E-state index in [1.54, 1.807) is 22.3 Å². The molecule has 0 aliphatic heterocycles. The van der Waals surface area contributed by atoms with Crippen LogP contribution in [0.3, 0.4) is 0 Å². The summed E-state index contributed by atoms with van der Waals surface area (Å²) in [5.41, 5.74) is 28.4. The third-order valence-corrected chi connectivity index (χ3v) is 42.5. The fourth-order valence-corrected chi connectivity index (χ4v) is 41.5. The summed E-state index contributed by atoms with van der Waals surface area (Å²) in [5, 5.41) is 0. The summed E-state index contributed by atoms with van der Waals surface area (Å²) in [6, 6.07) is 49.0. The number of hydrogen-bond acceptors (Lipinski definition) is 0. The normalized spacial score (nSPS) is 30.2. The Kier molecular flexibility index (Phi) is 11.5. The van der Waals surface area contributed by atoms with Crippen molar-refractivity contribution in [2.45, 2.75) is 138 Å². The Morgan fingerprint density at radius 1 is 0.375 bits per heavy atom. The molecule has 2 unspecified atom stereocenters. The first-order chi connectivity index (χ1) is 34.9. The SMILES string of the molecule is Cc1ccc(-c2ccc(-c3ccc(C)cc3)c3c2C=C(CC24CC5CC(CC(C5)C2)C4)[CH]3[Zr]([CH]2C(CC34CC5CC(CC(C5)C3)C4)=Cc3c(-c4ccc(C)cc4)ccc(-c4ccc(C)cc4)c32)[SiH](C)C)cc1. The molecule has 365 valence electrons. The average molecular weight is 1040 g/mol. The third-order valence-electron chi connectivity index (χ3n) is 20.8. The van der Waals surface area contributed by atoms with E-state index >= 15 is 0 Å². The van der Waals surface area contributed by atoms with E-state index in [9.17, 15) is 0 Å². The van der Waals surface area contributed by atoms with Gasteiger partial charge in [-0.3, -0.25) is 0 Å². The molecule has 0 saturated heterocycles. The van der Waals surface area contributed by atoms with Crippen LogP contribution in [0.15, 0.2) is 132 Å². The first-order valence-corrected chi connectivity index (χ1v) is 38.8. The monoisotopic (exact) mass is 1040 g/mol. The van der Waals surface area contributed by atoms with Crippen LogP contribution >= 0.6 is 0 Å². The number of rotatable bonds is 11. The topological polar surface area (TPSA) is 0 Å². The van der Waals surface area contributed by atoms with Crippen molar-refractivity contribution in [2.24, 2.45) is 46.3 Å². The van der Waals surface area contributed by atoms with Crippen molar-refractivity contribution in [2.75, 3.05) is 0 Å². The van der Waals surface area contributed by atoms with E-state index in [-0.39, 0.29) is 0 Å². The zero-order valence-electron chi connectivity index (χ0n) is 44.3. The molecule has 0 heterocycles. The van der Waals surface area contributed by atoms with Gasteiger partial charge < -0.3 is 0 Å². The Balaban J connectivity index is 1.02. The van der Waals surface area contributed by atoms with Crippen LogP contribution in [0.25, 0.3) is 56.7 Å². The van der Waals surface area contributed by atoms with E-state index in [1.165, 1.54) is 157 Å². The summed E-state index contributed by atoms with van der Waals surface area (Å²) in [6.07, 6.45) is 26.5. The summed E-state index contributed by atoms with van der Waals surface area (Å²) < 4.78 is 1.13. The van der Waals surface area contributed by atoms with E-state index in [0.717, 1.165) is 35.5 Å². The Morgan fingerprint density at radius 2 is 0.639 bits per heavy atom. The number of allylic oxidation sites excluding steroid dienone is 2. The van der Waals surface area contributed by atoms with Gasteiger partial charge in [0.2, 0.25) is 0 Å². The molecule has 6 aromatic rings. The van der Waals surface area contributed by atoms with Gasteiger partial charge in [-0.25, -0.2) is 0 Å². The van der Waals surface area contributed by atoms with Gasteiger partial charge in [-0.15, -0.1) is 0 Å². The van der Waals surface area contributed by atoms with Crippen molar-refractivity contribution in [1.82, 2.24) is 0 Å². The van der Waals surface area contributed by atoms with Crippen molar-refractivity contribution in [3.63, 3.8) is 0 Å². The van der Waals surface area contributed by atoms with Gasteiger partial charge in [-0.05, 0) is 0 Å². The second kappa shape index (κ2) is 17.8. The Hall–Kier alpha value is -4.10. The van der Waals surface area contributed by atoms with Crippen LogP contribution in [-0.2, 0) is 20.9 Å². The van der Waals surface area contributed by atoms with Gasteiger partial charge in [-0.1, -0.05) is 0 Å². The first-order valence-electron chi connectivity index (χ1n) is 28.8. The van der Waals surface area contributed by atoms with E-state index in [0.29, 0.717) is 18.1 Å². The quantitative estimate of drug-likeness (QED) is 0.113. The van der Waals surface area contributed by atoms with Crippen LogP contribution in [-0.4, -0.2) is 5.92 Å². The Morgan fingerprint density at radius 3 is 0.917 bits per heavy atom. The molecular weight excluding hydrogens is 960 g/mol. The third kappa shape index (κ3) is 8.03. The van der Waals surface area contributed by atoms with E-state index in [1.807, 2.05) is 11.1 Å². The van der Waals surface area contributed by atoms with Crippen LogP contribution in [0, 0.1) is 74.0 Å². The molecule has 2 atom stereocenters. The molecule has 10 aliphatic carbocycles. The molecule has 8 bridgehead atoms. The molecule has 2 heteroatoms. The van der Waals surface area contributed by atoms with E-state index < -0.39 is 26.8 Å². The average Bonchev–Trinajstić information content (AvgIpc) is 3.89. The molecule has 8 saturated carbocycles. The predicted molar refractivity (Wildman–Crippen MR) is 304 cm³/mol. The fourth-order valence-electron chi connectivity index (χ4n) is 18.8. The Bertz CT molecular complexity index is 2860. The number of aryl methyl sites for hydroxylation is 4. The predicted octanol–water partition coefficient (Wildman–Crippen LogP) is 19.0. The number of fused-ring (bicyclic) bond motifs is 2. The van der Waals surface area contributed by atoms with Gasteiger partial charge in [0.25, 0.3) is 0 Å². The van der Waals surface area contributed by atoms with E-state index in [2.05, 4.69) is 174 Å². The molecule has 10 aliphatic rings. The standard InChI is InChI=1S/2C34H35.C2H7Si.Zr/c2*1-22-3-7-28(8-4-22)30-11-12-31(29-9-5-23(2)6-10-29)33-17-27(16-32(30)33)21-34-18-24-13-25(19-34)15-26(14-24)20-34;1-3-2;/h2*3-12,16-17,24-26H,13-15,18-21H2,1-2H3;3H,1-2H3;. The molecule has 0 amide bonds. The molecule has 0 aromatic heterocycles. The van der Waals surface area contributed by atoms with Crippen molar-refractivity contribution in [3.8, 4) is 44.5 Å². The maximum atomic E-state index is 2.92. The fraction of sp³-hybridized carbons (Fsp3) is 0.429. The summed E-state index contributed by atoms with van der Waals surface area (Å²) in [6.45, 7) is 14.8. The molecule has 0 radical (unpaired) electrons. The minimum absolute atomic E-state index is 0.471. The second-order valence-electron chi connectivity index (χ2n) is 26.6. The second-order valence-corrected chi connectivity index (χ2v) is 46.7. The maximum absolute atomic E-state index is 2.92. The Labute approximate surface area is 441 Å². The summed E-state index contributed by atoms with van der Waals surface area (Å²) in [5.74, 6) is 4.44. The van der Waals surface area contributed by atoms with Crippen LogP contribution in [0.5, 0.6) is 0 Å². The van der Waals surface area contributed by atoms with Gasteiger partial charge in [0.05, 0.1) is 0 Å². The summed E-state index contributed by atoms with van der Waals surface area (Å²) in [4.78, 5) is 0. The molecule has 0 nitrogen and oxygen atoms in total. The van der Waals surface area contributed by atoms with Crippen LogP contribution < -0.4 is 0 Å². The molecule has 16 rings (SSSR count). The molecule has 0 spiro atoms. The van der Waals surface area contributed by atoms with Crippen molar-refractivity contribution in [3.05, 3.63) is 177 Å². The van der Waals surface area contributed by atoms with Gasteiger partial charge >= 0.3 is 445 Å². The number of benzene rings is 6. The van der Waals surface area contributed by atoms with Gasteiger partial charge in [0.1, 0.15) is 0 Å². The zero-order valence-corrected chi connectivity index (χ0v) is 47.9. The molecule has 72 heavy (non-hydrogen) atoms. The van der Waals surface area contributed by atoms with Gasteiger partial charge in [-0.2, -0.15) is 0 Å². The van der Waals surface area contributed by atoms with Crippen molar-refractivity contribution in [1.29, 1.82) is 0 Å². The molecule has 8 fully saturated rings. The molecule has 6 aromatic carbocycles. The number of hydrogen-bond donors (Lipinski definition) is 0. The molecular formula is C70H77SiZr. The zero-order chi connectivity index (χ0) is 48.6. The van der Waals surface area contributed by atoms with Crippen LogP contribution in [0.2, 0.25) is 13.1 Å². The molecule has 0 N–H and O–H groups in total.